The number of nitrogens with zero attached hydrogens (tertiary/aromatic N) is 2. The minimum absolute atomic E-state index is 0.572. The fourth-order valence-electron chi connectivity index (χ4n) is 1.66. The largest absolute Gasteiger partial charge is 0.618 e. The molecule has 0 aromatic carbocycles. The smallest absolute Gasteiger partial charge is 0.287 e. The first-order chi connectivity index (χ1) is 7.27. The second kappa shape index (κ2) is 2.80. The van der Waals surface area contributed by atoms with Gasteiger partial charge in [-0.15, -0.1) is 0 Å². The van der Waals surface area contributed by atoms with Crippen molar-refractivity contribution in [3.8, 4) is 0 Å². The third-order valence-corrected chi connectivity index (χ3v) is 3.44. The lowest BCUT2D eigenvalue weighted by atomic mass is 10.3. The predicted molar refractivity (Wildman–Crippen MR) is 57.3 cm³/mol. The molecule has 0 aliphatic carbocycles. The van der Waals surface area contributed by atoms with Gasteiger partial charge in [-0.25, -0.2) is 0 Å². The van der Waals surface area contributed by atoms with Crippen LogP contribution in [-0.4, -0.2) is 0 Å². The number of hydrogen-bond acceptors (Lipinski definition) is 3. The molecule has 74 valence electrons. The van der Waals surface area contributed by atoms with Crippen LogP contribution in [0.5, 0.6) is 0 Å². The van der Waals surface area contributed by atoms with Crippen LogP contribution >= 0.6 is 11.3 Å². The van der Waals surface area contributed by atoms with Crippen molar-refractivity contribution in [3.05, 3.63) is 47.1 Å². The zero-order valence-electron chi connectivity index (χ0n) is 7.58. The van der Waals surface area contributed by atoms with Gasteiger partial charge in [0.15, 0.2) is 12.4 Å². The van der Waals surface area contributed by atoms with Crippen molar-refractivity contribution in [2.75, 3.05) is 0 Å². The molecule has 3 heterocycles. The summed E-state index contributed by atoms with van der Waals surface area (Å²) >= 11 is 1.33. The van der Waals surface area contributed by atoms with Crippen LogP contribution in [0.15, 0.2) is 36.7 Å². The van der Waals surface area contributed by atoms with E-state index in [-0.39, 0.29) is 0 Å². The van der Waals surface area contributed by atoms with Crippen LogP contribution < -0.4 is 9.46 Å². The summed E-state index contributed by atoms with van der Waals surface area (Å²) < 4.78 is 2.42. The van der Waals surface area contributed by atoms with Crippen molar-refractivity contribution in [3.63, 3.8) is 0 Å². The summed E-state index contributed by atoms with van der Waals surface area (Å²) in [6.07, 6.45) is 2.88. The molecule has 0 aliphatic rings. The highest BCUT2D eigenvalue weighted by Gasteiger charge is 2.17. The van der Waals surface area contributed by atoms with Gasteiger partial charge in [0, 0.05) is 12.1 Å². The number of fused-ring (bicyclic) bond motifs is 3. The molecular formula is C10H6N2O2S. The van der Waals surface area contributed by atoms with Gasteiger partial charge in [-0.3, -0.25) is 0 Å². The number of aromatic nitrogens is 2. The molecule has 0 fully saturated rings. The lowest BCUT2D eigenvalue weighted by Gasteiger charge is -1.96. The summed E-state index contributed by atoms with van der Waals surface area (Å²) in [5, 5.41) is 23.8. The Morgan fingerprint density at radius 1 is 1.00 bits per heavy atom. The Labute approximate surface area is 88.8 Å². The van der Waals surface area contributed by atoms with E-state index in [4.69, 9.17) is 0 Å². The van der Waals surface area contributed by atoms with E-state index in [9.17, 15) is 10.4 Å². The van der Waals surface area contributed by atoms with E-state index in [2.05, 4.69) is 0 Å². The van der Waals surface area contributed by atoms with Gasteiger partial charge in [0.25, 0.3) is 4.83 Å². The first-order valence-electron chi connectivity index (χ1n) is 4.40. The molecule has 15 heavy (non-hydrogen) atoms. The molecular weight excluding hydrogens is 212 g/mol. The fourth-order valence-corrected chi connectivity index (χ4v) is 2.74. The zero-order valence-corrected chi connectivity index (χ0v) is 8.40. The molecule has 0 bridgehead atoms. The summed E-state index contributed by atoms with van der Waals surface area (Å²) in [4.78, 5) is 0.573. The van der Waals surface area contributed by atoms with Crippen LogP contribution in [-0.2, 0) is 0 Å². The lowest BCUT2D eigenvalue weighted by Crippen LogP contribution is -2.27. The highest BCUT2D eigenvalue weighted by Crippen LogP contribution is 2.28. The van der Waals surface area contributed by atoms with Gasteiger partial charge in [-0.05, 0) is 12.1 Å². The van der Waals surface area contributed by atoms with Crippen LogP contribution in [0.25, 0.3) is 20.4 Å². The minimum Gasteiger partial charge on any atom is -0.618 e. The van der Waals surface area contributed by atoms with E-state index in [1.807, 2.05) is 6.07 Å². The van der Waals surface area contributed by atoms with Crippen LogP contribution in [0.2, 0.25) is 0 Å². The second-order valence-corrected chi connectivity index (χ2v) is 4.23. The standard InChI is InChI=1S/C10H6N2O2S/c13-11-5-2-4-8-9(11)7-3-1-6-12(14)10(7)15-8/h1-6H. The summed E-state index contributed by atoms with van der Waals surface area (Å²) in [5.74, 6) is 0. The number of thiophene rings is 1. The molecule has 0 atom stereocenters. The molecule has 0 aliphatic heterocycles. The van der Waals surface area contributed by atoms with Gasteiger partial charge in [0.05, 0.1) is 0 Å². The Morgan fingerprint density at radius 2 is 1.73 bits per heavy atom. The van der Waals surface area contributed by atoms with E-state index in [0.717, 1.165) is 14.2 Å². The number of hydrogen-bond donors (Lipinski definition) is 0. The lowest BCUT2D eigenvalue weighted by molar-refractivity contribution is -0.578. The van der Waals surface area contributed by atoms with E-state index >= 15 is 0 Å². The third-order valence-electron chi connectivity index (χ3n) is 2.30. The Hall–Kier alpha value is -1.88. The summed E-state index contributed by atoms with van der Waals surface area (Å²) in [6, 6.07) is 6.96. The van der Waals surface area contributed by atoms with Crippen molar-refractivity contribution in [2.24, 2.45) is 0 Å². The molecule has 0 amide bonds. The molecule has 0 saturated heterocycles. The maximum Gasteiger partial charge on any atom is 0.287 e. The molecule has 0 N–H and O–H groups in total. The molecule has 0 unspecified atom stereocenters. The normalized spacial score (nSPS) is 11.2. The predicted octanol–water partition coefficient (Wildman–Crippen LogP) is 1.32. The van der Waals surface area contributed by atoms with Crippen molar-refractivity contribution >= 4 is 31.8 Å². The fraction of sp³-hybridized carbons (Fsp3) is 0. The van der Waals surface area contributed by atoms with Crippen molar-refractivity contribution in [1.29, 1.82) is 0 Å². The molecule has 4 nitrogen and oxygen atoms in total. The molecule has 5 heteroatoms. The number of pyridine rings is 2. The molecule has 0 spiro atoms. The summed E-state index contributed by atoms with van der Waals surface area (Å²) in [5.41, 5.74) is 0.572. The Kier molecular flexibility index (Phi) is 1.58. The summed E-state index contributed by atoms with van der Waals surface area (Å²) in [6.45, 7) is 0. The van der Waals surface area contributed by atoms with Crippen molar-refractivity contribution in [1.82, 2.24) is 0 Å². The number of rotatable bonds is 0. The Bertz CT molecular complexity index is 663. The van der Waals surface area contributed by atoms with Crippen LogP contribution in [0.1, 0.15) is 0 Å². The highest BCUT2D eigenvalue weighted by molar-refractivity contribution is 7.24. The van der Waals surface area contributed by atoms with Crippen molar-refractivity contribution in [2.45, 2.75) is 0 Å². The topological polar surface area (TPSA) is 53.9 Å². The van der Waals surface area contributed by atoms with Crippen LogP contribution in [0.3, 0.4) is 0 Å². The molecule has 0 saturated carbocycles. The van der Waals surface area contributed by atoms with E-state index in [1.165, 1.54) is 23.7 Å². The average Bonchev–Trinajstić information content (AvgIpc) is 2.59. The van der Waals surface area contributed by atoms with Gasteiger partial charge in [0.2, 0.25) is 5.52 Å². The Balaban J connectivity index is 2.65. The first kappa shape index (κ1) is 8.43. The van der Waals surface area contributed by atoms with Gasteiger partial charge >= 0.3 is 0 Å². The Morgan fingerprint density at radius 3 is 2.60 bits per heavy atom. The van der Waals surface area contributed by atoms with Crippen LogP contribution in [0.4, 0.5) is 0 Å². The SMILES string of the molecule is [O-][n+]1cccc2c1sc1ccc[n+]([O-])c12. The van der Waals surface area contributed by atoms with E-state index in [1.54, 1.807) is 18.2 Å². The molecule has 3 aromatic heterocycles. The summed E-state index contributed by atoms with van der Waals surface area (Å²) in [7, 11) is 0. The van der Waals surface area contributed by atoms with Gasteiger partial charge in [0.1, 0.15) is 10.1 Å². The second-order valence-electron chi connectivity index (χ2n) is 3.20. The van der Waals surface area contributed by atoms with E-state index in [0.29, 0.717) is 15.7 Å². The van der Waals surface area contributed by atoms with Gasteiger partial charge < -0.3 is 10.4 Å². The molecule has 0 radical (unpaired) electrons. The molecule has 3 rings (SSSR count). The third kappa shape index (κ3) is 1.07. The minimum atomic E-state index is 0.572. The highest BCUT2D eigenvalue weighted by atomic mass is 32.1. The maximum absolute atomic E-state index is 11.6. The van der Waals surface area contributed by atoms with Gasteiger partial charge in [-0.2, -0.15) is 9.46 Å². The zero-order chi connectivity index (χ0) is 10.4. The maximum atomic E-state index is 11.6. The first-order valence-corrected chi connectivity index (χ1v) is 5.21. The van der Waals surface area contributed by atoms with Crippen LogP contribution in [0, 0.1) is 10.4 Å². The molecule has 3 aromatic rings. The van der Waals surface area contributed by atoms with Crippen molar-refractivity contribution < 1.29 is 9.46 Å². The van der Waals surface area contributed by atoms with Gasteiger partial charge in [-0.1, -0.05) is 11.3 Å². The monoisotopic (exact) mass is 218 g/mol. The average molecular weight is 218 g/mol. The van der Waals surface area contributed by atoms with E-state index < -0.39 is 0 Å². The quantitative estimate of drug-likeness (QED) is 0.422.